The van der Waals surface area contributed by atoms with Gasteiger partial charge in [-0.25, -0.2) is 0 Å². The Morgan fingerprint density at radius 3 is 2.72 bits per heavy atom. The van der Waals surface area contributed by atoms with Gasteiger partial charge in [-0.15, -0.1) is 0 Å². The molecule has 0 radical (unpaired) electrons. The number of hydrogen-bond donors (Lipinski definition) is 1. The fraction of sp³-hybridized carbons (Fsp3) is 0.467. The molecule has 3 aliphatic heterocycles. The van der Waals surface area contributed by atoms with Crippen LogP contribution >= 0.6 is 0 Å². The third-order valence-electron chi connectivity index (χ3n) is 4.50. The lowest BCUT2D eigenvalue weighted by Gasteiger charge is -2.24. The van der Waals surface area contributed by atoms with Gasteiger partial charge in [-0.3, -0.25) is 0 Å². The number of anilines is 1. The molecule has 1 spiro atoms. The van der Waals surface area contributed by atoms with Crippen LogP contribution in [0.5, 0.6) is 0 Å². The van der Waals surface area contributed by atoms with Crippen molar-refractivity contribution < 1.29 is 9.84 Å². The van der Waals surface area contributed by atoms with E-state index < -0.39 is 5.79 Å². The Labute approximate surface area is 107 Å². The van der Waals surface area contributed by atoms with E-state index in [4.69, 9.17) is 4.74 Å². The molecular weight excluding hydrogens is 226 g/mol. The molecule has 3 heterocycles. The van der Waals surface area contributed by atoms with Gasteiger partial charge >= 0.3 is 0 Å². The largest absolute Gasteiger partial charge is 0.368 e. The van der Waals surface area contributed by atoms with Crippen LogP contribution in [0.4, 0.5) is 5.69 Å². The maximum absolute atomic E-state index is 10.1. The van der Waals surface area contributed by atoms with Crippen molar-refractivity contribution in [1.29, 1.82) is 0 Å². The Hall–Kier alpha value is -1.32. The summed E-state index contributed by atoms with van der Waals surface area (Å²) in [6, 6.07) is 8.61. The fourth-order valence-corrected chi connectivity index (χ4v) is 3.54. The zero-order chi connectivity index (χ0) is 12.4. The van der Waals surface area contributed by atoms with Crippen molar-refractivity contribution in [3.8, 4) is 0 Å². The smallest absolute Gasteiger partial charge is 0.186 e. The average Bonchev–Trinajstić information content (AvgIpc) is 2.91. The molecule has 0 aromatic heterocycles. The van der Waals surface area contributed by atoms with Crippen molar-refractivity contribution in [2.45, 2.75) is 24.7 Å². The molecule has 2 bridgehead atoms. The van der Waals surface area contributed by atoms with Crippen molar-refractivity contribution in [2.24, 2.45) is 5.92 Å². The summed E-state index contributed by atoms with van der Waals surface area (Å²) in [7, 11) is 0. The van der Waals surface area contributed by atoms with Crippen LogP contribution in [0.25, 0.3) is 0 Å². The number of ether oxygens (including phenoxy) is 1. The number of aryl methyl sites for hydroxylation is 1. The Kier molecular flexibility index (Phi) is 1.86. The lowest BCUT2D eigenvalue weighted by molar-refractivity contribution is -0.159. The molecule has 2 fully saturated rings. The summed E-state index contributed by atoms with van der Waals surface area (Å²) in [6.07, 6.45) is 4.61. The standard InChI is InChI=1S/C15H17NO2/c1-11-2-4-13(5-3-11)16-9-12-8-15(17)7-6-14(12,10-16)18-15/h2-7,12,17H,8-10H2,1H3/t12?,14-,15-/m0/s1. The topological polar surface area (TPSA) is 32.7 Å². The van der Waals surface area contributed by atoms with E-state index in [-0.39, 0.29) is 5.60 Å². The predicted octanol–water partition coefficient (Wildman–Crippen LogP) is 1.85. The van der Waals surface area contributed by atoms with E-state index in [1.807, 2.05) is 6.08 Å². The highest BCUT2D eigenvalue weighted by atomic mass is 16.7. The molecule has 2 saturated heterocycles. The van der Waals surface area contributed by atoms with Gasteiger partial charge < -0.3 is 14.7 Å². The van der Waals surface area contributed by atoms with Gasteiger partial charge in [0.1, 0.15) is 5.60 Å². The first-order valence-electron chi connectivity index (χ1n) is 6.53. The van der Waals surface area contributed by atoms with Crippen LogP contribution in [-0.4, -0.2) is 29.6 Å². The molecule has 3 aliphatic rings. The first kappa shape index (κ1) is 10.6. The summed E-state index contributed by atoms with van der Waals surface area (Å²) in [5.74, 6) is -0.571. The van der Waals surface area contributed by atoms with Crippen LogP contribution < -0.4 is 4.90 Å². The molecule has 1 unspecified atom stereocenters. The first-order valence-corrected chi connectivity index (χ1v) is 6.53. The van der Waals surface area contributed by atoms with Crippen LogP contribution in [0.3, 0.4) is 0 Å². The van der Waals surface area contributed by atoms with Gasteiger partial charge in [0.25, 0.3) is 0 Å². The van der Waals surface area contributed by atoms with E-state index >= 15 is 0 Å². The van der Waals surface area contributed by atoms with Crippen molar-refractivity contribution in [2.75, 3.05) is 18.0 Å². The maximum atomic E-state index is 10.1. The minimum absolute atomic E-state index is 0.250. The summed E-state index contributed by atoms with van der Waals surface area (Å²) in [5.41, 5.74) is 2.28. The molecule has 1 N–H and O–H groups in total. The van der Waals surface area contributed by atoms with Crippen LogP contribution in [0, 0.1) is 12.8 Å². The van der Waals surface area contributed by atoms with Gasteiger partial charge in [0, 0.05) is 24.6 Å². The monoisotopic (exact) mass is 243 g/mol. The molecule has 0 aliphatic carbocycles. The fourth-order valence-electron chi connectivity index (χ4n) is 3.54. The molecular formula is C15H17NO2. The number of nitrogens with zero attached hydrogens (tertiary/aromatic N) is 1. The van der Waals surface area contributed by atoms with E-state index in [9.17, 15) is 5.11 Å². The highest BCUT2D eigenvalue weighted by Crippen LogP contribution is 2.52. The van der Waals surface area contributed by atoms with Crippen LogP contribution in [0.2, 0.25) is 0 Å². The second-order valence-electron chi connectivity index (χ2n) is 5.85. The number of aliphatic hydroxyl groups is 1. The van der Waals surface area contributed by atoms with Crippen molar-refractivity contribution in [3.63, 3.8) is 0 Å². The third-order valence-corrected chi connectivity index (χ3v) is 4.50. The van der Waals surface area contributed by atoms with Crippen molar-refractivity contribution in [3.05, 3.63) is 42.0 Å². The molecule has 18 heavy (non-hydrogen) atoms. The van der Waals surface area contributed by atoms with Gasteiger partial charge in [0.15, 0.2) is 5.79 Å². The second-order valence-corrected chi connectivity index (χ2v) is 5.85. The van der Waals surface area contributed by atoms with E-state index in [1.54, 1.807) is 0 Å². The molecule has 1 aromatic rings. The second kappa shape index (κ2) is 3.16. The normalized spacial score (nSPS) is 40.6. The molecule has 0 saturated carbocycles. The zero-order valence-corrected chi connectivity index (χ0v) is 10.5. The van der Waals surface area contributed by atoms with E-state index in [2.05, 4.69) is 42.2 Å². The lowest BCUT2D eigenvalue weighted by atomic mass is 9.85. The summed E-state index contributed by atoms with van der Waals surface area (Å²) in [5, 5.41) is 10.1. The summed E-state index contributed by atoms with van der Waals surface area (Å²) < 4.78 is 5.85. The van der Waals surface area contributed by atoms with Crippen LogP contribution in [-0.2, 0) is 4.74 Å². The minimum atomic E-state index is -0.982. The highest BCUT2D eigenvalue weighted by molar-refractivity contribution is 5.51. The van der Waals surface area contributed by atoms with Gasteiger partial charge in [-0.2, -0.15) is 0 Å². The number of rotatable bonds is 1. The minimum Gasteiger partial charge on any atom is -0.368 e. The van der Waals surface area contributed by atoms with Crippen molar-refractivity contribution in [1.82, 2.24) is 0 Å². The van der Waals surface area contributed by atoms with Crippen LogP contribution in [0.15, 0.2) is 36.4 Å². The molecule has 94 valence electrons. The van der Waals surface area contributed by atoms with Crippen LogP contribution in [0.1, 0.15) is 12.0 Å². The predicted molar refractivity (Wildman–Crippen MR) is 69.4 cm³/mol. The maximum Gasteiger partial charge on any atom is 0.186 e. The Morgan fingerprint density at radius 2 is 2.06 bits per heavy atom. The Morgan fingerprint density at radius 1 is 1.28 bits per heavy atom. The van der Waals surface area contributed by atoms with Gasteiger partial charge in [0.2, 0.25) is 0 Å². The first-order chi connectivity index (χ1) is 8.59. The Bertz CT molecular complexity index is 524. The Balaban J connectivity index is 1.62. The molecule has 1 aromatic carbocycles. The molecule has 4 rings (SSSR count). The van der Waals surface area contributed by atoms with Crippen molar-refractivity contribution >= 4 is 5.69 Å². The molecule has 3 atom stereocenters. The van der Waals surface area contributed by atoms with E-state index in [1.165, 1.54) is 11.3 Å². The highest BCUT2D eigenvalue weighted by Gasteiger charge is 2.61. The SMILES string of the molecule is Cc1ccc(N2CC3C[C@]4(O)C=C[C@@]3(C2)O4)cc1. The van der Waals surface area contributed by atoms with E-state index in [0.717, 1.165) is 19.5 Å². The van der Waals surface area contributed by atoms with Gasteiger partial charge in [-0.1, -0.05) is 17.7 Å². The number of benzene rings is 1. The summed E-state index contributed by atoms with van der Waals surface area (Å²) >= 11 is 0. The van der Waals surface area contributed by atoms with E-state index in [0.29, 0.717) is 5.92 Å². The number of fused-ring (bicyclic) bond motifs is 1. The summed E-state index contributed by atoms with van der Waals surface area (Å²) in [4.78, 5) is 2.36. The number of hydrogen-bond acceptors (Lipinski definition) is 3. The third kappa shape index (κ3) is 1.32. The molecule has 3 heteroatoms. The lowest BCUT2D eigenvalue weighted by Crippen LogP contribution is -2.34. The zero-order valence-electron chi connectivity index (χ0n) is 10.5. The molecule has 0 amide bonds. The van der Waals surface area contributed by atoms with Gasteiger partial charge in [0.05, 0.1) is 6.54 Å². The van der Waals surface area contributed by atoms with Gasteiger partial charge in [-0.05, 0) is 31.2 Å². The summed E-state index contributed by atoms with van der Waals surface area (Å²) in [6.45, 7) is 3.92. The average molecular weight is 243 g/mol. The quantitative estimate of drug-likeness (QED) is 0.764. The molecule has 3 nitrogen and oxygen atoms in total.